The maximum absolute atomic E-state index is 5.95. The number of hydrogen-bond acceptors (Lipinski definition) is 4. The number of nitrogens with zero attached hydrogens (tertiary/aromatic N) is 3. The number of pyridine rings is 1. The first-order valence-corrected chi connectivity index (χ1v) is 9.07. The van der Waals surface area contributed by atoms with Crippen molar-refractivity contribution in [2.45, 2.75) is 12.5 Å². The van der Waals surface area contributed by atoms with Gasteiger partial charge in [0, 0.05) is 32.4 Å². The lowest BCUT2D eigenvalue weighted by atomic mass is 10.2. The molecule has 27 heavy (non-hydrogen) atoms. The molecule has 4 rings (SSSR count). The van der Waals surface area contributed by atoms with E-state index in [0.717, 1.165) is 41.8 Å². The lowest BCUT2D eigenvalue weighted by molar-refractivity contribution is 0.0936. The van der Waals surface area contributed by atoms with E-state index in [9.17, 15) is 0 Å². The van der Waals surface area contributed by atoms with E-state index in [1.54, 1.807) is 7.05 Å². The molecule has 0 saturated carbocycles. The van der Waals surface area contributed by atoms with Gasteiger partial charge in [0.05, 0.1) is 12.2 Å². The number of imidazole rings is 1. The molecule has 0 radical (unpaired) electrons. The molecule has 0 bridgehead atoms. The van der Waals surface area contributed by atoms with E-state index in [1.165, 1.54) is 0 Å². The fourth-order valence-corrected chi connectivity index (χ4v) is 3.01. The molecule has 0 saturated heterocycles. The number of nitrogens with one attached hydrogen (secondary N) is 2. The number of para-hydroxylation sites is 2. The van der Waals surface area contributed by atoms with Crippen molar-refractivity contribution >= 4 is 11.6 Å². The quantitative estimate of drug-likeness (QED) is 0.534. The average molecular weight is 365 g/mol. The van der Waals surface area contributed by atoms with E-state index < -0.39 is 0 Å². The van der Waals surface area contributed by atoms with Gasteiger partial charge in [0.2, 0.25) is 0 Å². The lowest BCUT2D eigenvalue weighted by Gasteiger charge is -2.27. The molecule has 3 aromatic rings. The zero-order valence-corrected chi connectivity index (χ0v) is 15.3. The predicted octanol–water partition coefficient (Wildman–Crippen LogP) is 1.88. The molecule has 1 atom stereocenters. The van der Waals surface area contributed by atoms with Gasteiger partial charge in [-0.05, 0) is 24.3 Å². The maximum atomic E-state index is 5.95. The maximum Gasteiger partial charge on any atom is 0.191 e. The van der Waals surface area contributed by atoms with Crippen LogP contribution in [0, 0.1) is 0 Å². The Balaban J connectivity index is 1.24. The van der Waals surface area contributed by atoms with Gasteiger partial charge in [0.1, 0.15) is 18.4 Å². The molecule has 3 heterocycles. The Hall–Kier alpha value is -3.22. The van der Waals surface area contributed by atoms with E-state index in [2.05, 4.69) is 26.8 Å². The van der Waals surface area contributed by atoms with Crippen LogP contribution in [0.2, 0.25) is 0 Å². The first-order valence-electron chi connectivity index (χ1n) is 9.07. The van der Waals surface area contributed by atoms with E-state index in [4.69, 9.17) is 9.47 Å². The minimum Gasteiger partial charge on any atom is -0.486 e. The molecule has 140 valence electrons. The summed E-state index contributed by atoms with van der Waals surface area (Å²) >= 11 is 0. The van der Waals surface area contributed by atoms with Gasteiger partial charge < -0.3 is 24.5 Å². The van der Waals surface area contributed by atoms with Gasteiger partial charge in [-0.3, -0.25) is 4.99 Å². The fourth-order valence-electron chi connectivity index (χ4n) is 3.01. The van der Waals surface area contributed by atoms with E-state index in [-0.39, 0.29) is 6.10 Å². The van der Waals surface area contributed by atoms with Gasteiger partial charge in [-0.1, -0.05) is 18.2 Å². The SMILES string of the molecule is CN=C(NCCc1cn2ccccc2n1)NCC1COc2ccccc2O1. The minimum atomic E-state index is -0.0584. The van der Waals surface area contributed by atoms with Crippen LogP contribution in [0.15, 0.2) is 59.9 Å². The zero-order valence-electron chi connectivity index (χ0n) is 15.3. The molecule has 0 aliphatic carbocycles. The van der Waals surface area contributed by atoms with Crippen molar-refractivity contribution in [3.05, 3.63) is 60.6 Å². The van der Waals surface area contributed by atoms with E-state index >= 15 is 0 Å². The van der Waals surface area contributed by atoms with E-state index in [1.807, 2.05) is 53.1 Å². The minimum absolute atomic E-state index is 0.0584. The number of aromatic nitrogens is 2. The van der Waals surface area contributed by atoms with Crippen LogP contribution >= 0.6 is 0 Å². The number of guanidine groups is 1. The molecule has 0 amide bonds. The summed E-state index contributed by atoms with van der Waals surface area (Å²) in [4.78, 5) is 8.87. The third kappa shape index (κ3) is 4.13. The summed E-state index contributed by atoms with van der Waals surface area (Å²) in [7, 11) is 1.76. The lowest BCUT2D eigenvalue weighted by Crippen LogP contribution is -2.45. The molecule has 0 spiro atoms. The van der Waals surface area contributed by atoms with Crippen molar-refractivity contribution in [2.75, 3.05) is 26.7 Å². The Labute approximate surface area is 158 Å². The number of hydrogen-bond donors (Lipinski definition) is 2. The molecule has 1 aromatic carbocycles. The van der Waals surface area contributed by atoms with Crippen molar-refractivity contribution in [3.63, 3.8) is 0 Å². The summed E-state index contributed by atoms with van der Waals surface area (Å²) in [6, 6.07) is 13.7. The standard InChI is InChI=1S/C20H23N5O2/c1-21-20(22-10-9-15-13-25-11-5-4-8-19(25)24-15)23-12-16-14-26-17-6-2-3-7-18(17)27-16/h2-8,11,13,16H,9-10,12,14H2,1H3,(H2,21,22,23). The van der Waals surface area contributed by atoms with Crippen molar-refractivity contribution in [1.82, 2.24) is 20.0 Å². The van der Waals surface area contributed by atoms with Crippen LogP contribution in [0.25, 0.3) is 5.65 Å². The van der Waals surface area contributed by atoms with Crippen molar-refractivity contribution in [2.24, 2.45) is 4.99 Å². The highest BCUT2D eigenvalue weighted by Gasteiger charge is 2.20. The van der Waals surface area contributed by atoms with Crippen LogP contribution in [-0.4, -0.2) is 48.2 Å². The second kappa shape index (κ2) is 7.99. The molecule has 1 aliphatic heterocycles. The molecule has 0 fully saturated rings. The van der Waals surface area contributed by atoms with Crippen LogP contribution in [0.5, 0.6) is 11.5 Å². The number of fused-ring (bicyclic) bond motifs is 2. The summed E-state index contributed by atoms with van der Waals surface area (Å²) < 4.78 is 13.7. The normalized spacial score (nSPS) is 16.3. The largest absolute Gasteiger partial charge is 0.486 e. The second-order valence-corrected chi connectivity index (χ2v) is 6.33. The van der Waals surface area contributed by atoms with Crippen LogP contribution in [0.1, 0.15) is 5.69 Å². The van der Waals surface area contributed by atoms with Gasteiger partial charge in [0.25, 0.3) is 0 Å². The Kier molecular flexibility index (Phi) is 5.09. The average Bonchev–Trinajstić information content (AvgIpc) is 3.13. The molecule has 1 aliphatic rings. The van der Waals surface area contributed by atoms with Crippen LogP contribution in [0.3, 0.4) is 0 Å². The molecule has 7 heteroatoms. The number of rotatable bonds is 5. The summed E-state index contributed by atoms with van der Waals surface area (Å²) in [5.74, 6) is 2.32. The third-order valence-corrected chi connectivity index (χ3v) is 4.38. The van der Waals surface area contributed by atoms with Gasteiger partial charge >= 0.3 is 0 Å². The first kappa shape index (κ1) is 17.2. The van der Waals surface area contributed by atoms with Gasteiger partial charge in [-0.15, -0.1) is 0 Å². The Morgan fingerprint density at radius 1 is 1.19 bits per heavy atom. The van der Waals surface area contributed by atoms with Gasteiger partial charge in [-0.2, -0.15) is 0 Å². The Bertz CT molecular complexity index is 904. The highest BCUT2D eigenvalue weighted by molar-refractivity contribution is 5.79. The highest BCUT2D eigenvalue weighted by Crippen LogP contribution is 2.30. The van der Waals surface area contributed by atoms with Crippen LogP contribution < -0.4 is 20.1 Å². The molecule has 2 N–H and O–H groups in total. The zero-order chi connectivity index (χ0) is 18.5. The molecular formula is C20H23N5O2. The van der Waals surface area contributed by atoms with E-state index in [0.29, 0.717) is 13.2 Å². The van der Waals surface area contributed by atoms with Crippen molar-refractivity contribution in [3.8, 4) is 11.5 Å². The Morgan fingerprint density at radius 3 is 2.89 bits per heavy atom. The summed E-state index contributed by atoms with van der Waals surface area (Å²) in [6.45, 7) is 1.87. The molecular weight excluding hydrogens is 342 g/mol. The molecule has 1 unspecified atom stereocenters. The third-order valence-electron chi connectivity index (χ3n) is 4.38. The smallest absolute Gasteiger partial charge is 0.191 e. The monoisotopic (exact) mass is 365 g/mol. The van der Waals surface area contributed by atoms with Gasteiger partial charge in [0.15, 0.2) is 17.5 Å². The summed E-state index contributed by atoms with van der Waals surface area (Å²) in [6.07, 6.45) is 4.82. The predicted molar refractivity (Wildman–Crippen MR) is 105 cm³/mol. The first-order chi connectivity index (χ1) is 13.3. The molecule has 7 nitrogen and oxygen atoms in total. The Morgan fingerprint density at radius 2 is 2.04 bits per heavy atom. The topological polar surface area (TPSA) is 72.2 Å². The number of aliphatic imine (C=N–C) groups is 1. The summed E-state index contributed by atoms with van der Waals surface area (Å²) in [5.41, 5.74) is 2.01. The fraction of sp³-hybridized carbons (Fsp3) is 0.300. The number of ether oxygens (including phenoxy) is 2. The van der Waals surface area contributed by atoms with Crippen LogP contribution in [0.4, 0.5) is 0 Å². The van der Waals surface area contributed by atoms with Gasteiger partial charge in [-0.25, -0.2) is 4.98 Å². The second-order valence-electron chi connectivity index (χ2n) is 6.33. The van der Waals surface area contributed by atoms with Crippen molar-refractivity contribution in [1.29, 1.82) is 0 Å². The summed E-state index contributed by atoms with van der Waals surface area (Å²) in [5, 5.41) is 6.61. The van der Waals surface area contributed by atoms with Crippen LogP contribution in [-0.2, 0) is 6.42 Å². The molecule has 2 aromatic heterocycles. The highest BCUT2D eigenvalue weighted by atomic mass is 16.6. The number of benzene rings is 1. The van der Waals surface area contributed by atoms with Crippen molar-refractivity contribution < 1.29 is 9.47 Å².